The largest absolute Gasteiger partial charge is 0.373 e. The first-order valence-corrected chi connectivity index (χ1v) is 11.5. The van der Waals surface area contributed by atoms with E-state index in [1.165, 1.54) is 11.8 Å². The van der Waals surface area contributed by atoms with Gasteiger partial charge in [-0.05, 0) is 43.4 Å². The van der Waals surface area contributed by atoms with Crippen LogP contribution in [0.15, 0.2) is 53.6 Å². The highest BCUT2D eigenvalue weighted by Crippen LogP contribution is 2.29. The summed E-state index contributed by atoms with van der Waals surface area (Å²) in [5.74, 6) is 0.705. The molecule has 0 aliphatic carbocycles. The number of nitrogens with zero attached hydrogens (tertiary/aromatic N) is 2. The van der Waals surface area contributed by atoms with Gasteiger partial charge in [-0.1, -0.05) is 36.8 Å². The van der Waals surface area contributed by atoms with Crippen molar-refractivity contribution in [3.05, 3.63) is 54.2 Å². The fourth-order valence-electron chi connectivity index (χ4n) is 3.91. The van der Waals surface area contributed by atoms with Gasteiger partial charge in [0, 0.05) is 31.9 Å². The summed E-state index contributed by atoms with van der Waals surface area (Å²) in [5.41, 5.74) is 1.19. The predicted molar refractivity (Wildman–Crippen MR) is 109 cm³/mol. The van der Waals surface area contributed by atoms with Crippen LogP contribution >= 0.6 is 0 Å². The van der Waals surface area contributed by atoms with Crippen molar-refractivity contribution in [2.75, 3.05) is 25.0 Å². The van der Waals surface area contributed by atoms with Gasteiger partial charge >= 0.3 is 0 Å². The third-order valence-electron chi connectivity index (χ3n) is 5.50. The van der Waals surface area contributed by atoms with E-state index >= 15 is 0 Å². The quantitative estimate of drug-likeness (QED) is 0.829. The molecule has 150 valence electrons. The van der Waals surface area contributed by atoms with Crippen molar-refractivity contribution in [2.24, 2.45) is 0 Å². The number of pyridine rings is 1. The highest BCUT2D eigenvalue weighted by Gasteiger charge is 2.27. The zero-order valence-corrected chi connectivity index (χ0v) is 16.8. The van der Waals surface area contributed by atoms with Crippen LogP contribution in [-0.2, 0) is 14.8 Å². The Labute approximate surface area is 167 Å². The lowest BCUT2D eigenvalue weighted by molar-refractivity contribution is 0.00974. The van der Waals surface area contributed by atoms with E-state index in [0.717, 1.165) is 32.1 Å². The van der Waals surface area contributed by atoms with E-state index in [4.69, 9.17) is 4.74 Å². The second-order valence-electron chi connectivity index (χ2n) is 7.48. The third kappa shape index (κ3) is 4.37. The number of benzene rings is 1. The van der Waals surface area contributed by atoms with Crippen LogP contribution in [0.3, 0.4) is 0 Å². The average Bonchev–Trinajstić information content (AvgIpc) is 2.76. The Morgan fingerprint density at radius 3 is 2.54 bits per heavy atom. The number of rotatable bonds is 5. The van der Waals surface area contributed by atoms with E-state index in [-0.39, 0.29) is 17.0 Å². The van der Waals surface area contributed by atoms with Crippen molar-refractivity contribution in [2.45, 2.75) is 49.1 Å². The molecule has 0 amide bonds. The van der Waals surface area contributed by atoms with Gasteiger partial charge in [0.15, 0.2) is 0 Å². The van der Waals surface area contributed by atoms with E-state index in [0.29, 0.717) is 25.5 Å². The number of ether oxygens (including phenoxy) is 1. The number of anilines is 1. The molecule has 28 heavy (non-hydrogen) atoms. The van der Waals surface area contributed by atoms with Crippen LogP contribution < -0.4 is 5.32 Å². The molecule has 0 bridgehead atoms. The summed E-state index contributed by atoms with van der Waals surface area (Å²) in [4.78, 5) is 4.65. The smallest absolute Gasteiger partial charge is 0.244 e. The lowest BCUT2D eigenvalue weighted by Crippen LogP contribution is -2.35. The van der Waals surface area contributed by atoms with Crippen LogP contribution in [0.4, 0.5) is 5.82 Å². The van der Waals surface area contributed by atoms with E-state index in [9.17, 15) is 8.42 Å². The average molecular weight is 402 g/mol. The molecule has 1 aromatic carbocycles. The van der Waals surface area contributed by atoms with Gasteiger partial charge in [-0.25, -0.2) is 13.4 Å². The van der Waals surface area contributed by atoms with Crippen LogP contribution in [0, 0.1) is 0 Å². The molecule has 7 heteroatoms. The molecule has 1 aromatic heterocycles. The highest BCUT2D eigenvalue weighted by atomic mass is 32.2. The van der Waals surface area contributed by atoms with Gasteiger partial charge < -0.3 is 10.1 Å². The second kappa shape index (κ2) is 8.59. The zero-order valence-electron chi connectivity index (χ0n) is 16.0. The molecule has 0 spiro atoms. The molecule has 2 atom stereocenters. The minimum absolute atomic E-state index is 0.0752. The summed E-state index contributed by atoms with van der Waals surface area (Å²) in [7, 11) is -3.43. The van der Waals surface area contributed by atoms with Crippen molar-refractivity contribution in [1.29, 1.82) is 0 Å². The van der Waals surface area contributed by atoms with Gasteiger partial charge in [0.2, 0.25) is 10.0 Å². The van der Waals surface area contributed by atoms with Crippen LogP contribution in [0.2, 0.25) is 0 Å². The van der Waals surface area contributed by atoms with Crippen molar-refractivity contribution < 1.29 is 13.2 Å². The van der Waals surface area contributed by atoms with Crippen molar-refractivity contribution in [1.82, 2.24) is 9.29 Å². The molecule has 6 nitrogen and oxygen atoms in total. The minimum Gasteiger partial charge on any atom is -0.373 e. The van der Waals surface area contributed by atoms with Crippen molar-refractivity contribution in [3.8, 4) is 0 Å². The number of nitrogens with one attached hydrogen (secondary N) is 1. The van der Waals surface area contributed by atoms with Gasteiger partial charge in [0.25, 0.3) is 0 Å². The number of aromatic nitrogens is 1. The number of hydrogen-bond donors (Lipinski definition) is 1. The summed E-state index contributed by atoms with van der Waals surface area (Å²) in [6, 6.07) is 13.9. The van der Waals surface area contributed by atoms with E-state index in [1.54, 1.807) is 16.4 Å². The summed E-state index contributed by atoms with van der Waals surface area (Å²) in [5, 5.41) is 3.44. The number of hydrogen-bond acceptors (Lipinski definition) is 5. The highest BCUT2D eigenvalue weighted by molar-refractivity contribution is 7.89. The molecule has 3 heterocycles. The Balaban J connectivity index is 1.40. The molecule has 2 aliphatic heterocycles. The summed E-state index contributed by atoms with van der Waals surface area (Å²) < 4.78 is 33.0. The van der Waals surface area contributed by atoms with Crippen LogP contribution in [0.5, 0.6) is 0 Å². The minimum atomic E-state index is -3.43. The maximum absolute atomic E-state index is 12.7. The molecule has 2 unspecified atom stereocenters. The van der Waals surface area contributed by atoms with Crippen LogP contribution in [0.25, 0.3) is 0 Å². The van der Waals surface area contributed by atoms with E-state index in [2.05, 4.69) is 22.4 Å². The molecular weight excluding hydrogens is 374 g/mol. The molecule has 1 N–H and O–H groups in total. The second-order valence-corrected chi connectivity index (χ2v) is 9.42. The molecular formula is C21H27N3O3S. The Hall–Kier alpha value is -1.96. The van der Waals surface area contributed by atoms with Gasteiger partial charge in [0.1, 0.15) is 10.7 Å². The predicted octanol–water partition coefficient (Wildman–Crippen LogP) is 3.59. The fourth-order valence-corrected chi connectivity index (χ4v) is 5.37. The maximum Gasteiger partial charge on any atom is 0.244 e. The molecule has 2 fully saturated rings. The first-order valence-electron chi connectivity index (χ1n) is 10.0. The Morgan fingerprint density at radius 1 is 1.04 bits per heavy atom. The zero-order chi connectivity index (χ0) is 19.4. The van der Waals surface area contributed by atoms with Gasteiger partial charge in [0.05, 0.1) is 6.10 Å². The Morgan fingerprint density at radius 2 is 1.82 bits per heavy atom. The van der Waals surface area contributed by atoms with Gasteiger partial charge in [-0.15, -0.1) is 0 Å². The van der Waals surface area contributed by atoms with E-state index < -0.39 is 10.0 Å². The van der Waals surface area contributed by atoms with Crippen LogP contribution in [0.1, 0.15) is 43.8 Å². The molecule has 2 saturated heterocycles. The Kier molecular flexibility index (Phi) is 5.94. The summed E-state index contributed by atoms with van der Waals surface area (Å²) >= 11 is 0. The first-order chi connectivity index (χ1) is 13.6. The molecule has 2 aromatic rings. The van der Waals surface area contributed by atoms with Crippen molar-refractivity contribution >= 4 is 15.8 Å². The lowest BCUT2D eigenvalue weighted by atomic mass is 9.97. The molecule has 4 rings (SSSR count). The lowest BCUT2D eigenvalue weighted by Gasteiger charge is -2.31. The molecule has 2 aliphatic rings. The normalized spacial score (nSPS) is 24.0. The van der Waals surface area contributed by atoms with Crippen LogP contribution in [-0.4, -0.2) is 43.4 Å². The monoisotopic (exact) mass is 401 g/mol. The summed E-state index contributed by atoms with van der Waals surface area (Å²) in [6.07, 6.45) is 6.27. The van der Waals surface area contributed by atoms with Gasteiger partial charge in [-0.3, -0.25) is 0 Å². The standard InChI is InChI=1S/C21H27N3O3S/c25-28(26,24-12-5-2-6-13-24)19-9-10-21(22-16-19)23-18-11-14-27-20(15-18)17-7-3-1-4-8-17/h1,3-4,7-10,16,18,20H,2,5-6,11-15H2,(H,22,23). The first kappa shape index (κ1) is 19.4. The molecule has 0 saturated carbocycles. The third-order valence-corrected chi connectivity index (χ3v) is 7.38. The fraction of sp³-hybridized carbons (Fsp3) is 0.476. The van der Waals surface area contributed by atoms with Gasteiger partial charge in [-0.2, -0.15) is 4.31 Å². The van der Waals surface area contributed by atoms with Crippen molar-refractivity contribution in [3.63, 3.8) is 0 Å². The number of piperidine rings is 1. The summed E-state index contributed by atoms with van der Waals surface area (Å²) in [6.45, 7) is 1.90. The molecule has 0 radical (unpaired) electrons. The SMILES string of the molecule is O=S(=O)(c1ccc(NC2CCOC(c3ccccc3)C2)nc1)N1CCCCC1. The maximum atomic E-state index is 12.7. The Bertz CT molecular complexity index is 866. The topological polar surface area (TPSA) is 71.5 Å². The number of sulfonamides is 1. The van der Waals surface area contributed by atoms with E-state index in [1.807, 2.05) is 18.2 Å².